The van der Waals surface area contributed by atoms with Crippen molar-refractivity contribution in [2.45, 2.75) is 38.3 Å². The summed E-state index contributed by atoms with van der Waals surface area (Å²) in [6.45, 7) is 6.69. The molecule has 0 aliphatic carbocycles. The van der Waals surface area contributed by atoms with E-state index in [1.165, 1.54) is 32.9 Å². The minimum atomic E-state index is -0.412. The molecule has 116 valence electrons. The molecule has 0 amide bonds. The molecule has 3 rings (SSSR count). The highest BCUT2D eigenvalue weighted by molar-refractivity contribution is 5.86. The highest BCUT2D eigenvalue weighted by atomic mass is 16.5. The quantitative estimate of drug-likeness (QED) is 0.800. The van der Waals surface area contributed by atoms with Gasteiger partial charge in [0.2, 0.25) is 5.76 Å². The van der Waals surface area contributed by atoms with E-state index in [-0.39, 0.29) is 11.8 Å². The second kappa shape index (κ2) is 6.20. The summed E-state index contributed by atoms with van der Waals surface area (Å²) in [7, 11) is 1.37. The standard InChI is InChI=1S/C16H24N2O3/c1-12(14-6-7-15(21-14)16(19)20-2)18-10-9-17-8-4-3-5-13(17)11-18/h6-7,12-13H,3-5,8-11H2,1-2H3. The van der Waals surface area contributed by atoms with Crippen LogP contribution in [0.3, 0.4) is 0 Å². The largest absolute Gasteiger partial charge is 0.463 e. The van der Waals surface area contributed by atoms with Crippen LogP contribution in [0.25, 0.3) is 0 Å². The lowest BCUT2D eigenvalue weighted by Crippen LogP contribution is -2.55. The van der Waals surface area contributed by atoms with Crippen LogP contribution in [0.15, 0.2) is 16.5 Å². The lowest BCUT2D eigenvalue weighted by Gasteiger charge is -2.45. The monoisotopic (exact) mass is 292 g/mol. The number of piperazine rings is 1. The van der Waals surface area contributed by atoms with E-state index in [1.54, 1.807) is 6.07 Å². The fourth-order valence-electron chi connectivity index (χ4n) is 3.50. The zero-order chi connectivity index (χ0) is 14.8. The Morgan fingerprint density at radius 3 is 3.00 bits per heavy atom. The third-order valence-corrected chi connectivity index (χ3v) is 4.84. The van der Waals surface area contributed by atoms with Gasteiger partial charge < -0.3 is 9.15 Å². The molecule has 2 aliphatic heterocycles. The van der Waals surface area contributed by atoms with Crippen LogP contribution < -0.4 is 0 Å². The Bertz CT molecular complexity index is 499. The van der Waals surface area contributed by atoms with Crippen molar-refractivity contribution in [3.63, 3.8) is 0 Å². The van der Waals surface area contributed by atoms with Gasteiger partial charge in [0.15, 0.2) is 0 Å². The van der Waals surface area contributed by atoms with Gasteiger partial charge in [-0.05, 0) is 38.4 Å². The van der Waals surface area contributed by atoms with E-state index in [2.05, 4.69) is 16.7 Å². The topological polar surface area (TPSA) is 45.9 Å². The summed E-state index contributed by atoms with van der Waals surface area (Å²) in [5.74, 6) is 0.723. The predicted octanol–water partition coefficient (Wildman–Crippen LogP) is 2.30. The molecule has 3 heterocycles. The molecule has 5 nitrogen and oxygen atoms in total. The third kappa shape index (κ3) is 2.99. The van der Waals surface area contributed by atoms with Crippen LogP contribution in [-0.4, -0.2) is 55.1 Å². The lowest BCUT2D eigenvalue weighted by atomic mass is 9.98. The van der Waals surface area contributed by atoms with Gasteiger partial charge in [-0.3, -0.25) is 9.80 Å². The summed E-state index contributed by atoms with van der Waals surface area (Å²) in [6, 6.07) is 4.48. The van der Waals surface area contributed by atoms with Gasteiger partial charge in [0.25, 0.3) is 0 Å². The van der Waals surface area contributed by atoms with Crippen LogP contribution in [0, 0.1) is 0 Å². The smallest absolute Gasteiger partial charge is 0.373 e. The van der Waals surface area contributed by atoms with E-state index in [0.29, 0.717) is 6.04 Å². The van der Waals surface area contributed by atoms with Crippen molar-refractivity contribution >= 4 is 5.97 Å². The van der Waals surface area contributed by atoms with E-state index >= 15 is 0 Å². The SMILES string of the molecule is COC(=O)c1ccc(C(C)N2CCN3CCCCC3C2)o1. The molecule has 0 spiro atoms. The Kier molecular flexibility index (Phi) is 4.31. The van der Waals surface area contributed by atoms with Crippen LogP contribution in [0.1, 0.15) is 48.5 Å². The van der Waals surface area contributed by atoms with E-state index in [0.717, 1.165) is 25.4 Å². The van der Waals surface area contributed by atoms with Crippen LogP contribution in [0.2, 0.25) is 0 Å². The molecular weight excluding hydrogens is 268 g/mol. The Balaban J connectivity index is 1.66. The Labute approximate surface area is 125 Å². The van der Waals surface area contributed by atoms with Gasteiger partial charge in [-0.1, -0.05) is 6.42 Å². The van der Waals surface area contributed by atoms with E-state index in [9.17, 15) is 4.79 Å². The number of methoxy groups -OCH3 is 1. The lowest BCUT2D eigenvalue weighted by molar-refractivity contribution is 0.0255. The van der Waals surface area contributed by atoms with Crippen LogP contribution >= 0.6 is 0 Å². The van der Waals surface area contributed by atoms with E-state index < -0.39 is 5.97 Å². The van der Waals surface area contributed by atoms with Crippen molar-refractivity contribution in [1.82, 2.24) is 9.80 Å². The van der Waals surface area contributed by atoms with Gasteiger partial charge in [0.1, 0.15) is 5.76 Å². The zero-order valence-electron chi connectivity index (χ0n) is 12.9. The summed E-state index contributed by atoms with van der Waals surface area (Å²) in [5.41, 5.74) is 0. The molecule has 0 saturated carbocycles. The molecule has 1 aromatic heterocycles. The molecule has 1 aromatic rings. The summed E-state index contributed by atoms with van der Waals surface area (Å²) in [5, 5.41) is 0. The molecule has 0 radical (unpaired) electrons. The number of carbonyl (C=O) groups excluding carboxylic acids is 1. The van der Waals surface area contributed by atoms with Gasteiger partial charge in [-0.2, -0.15) is 0 Å². The first kappa shape index (κ1) is 14.6. The van der Waals surface area contributed by atoms with Crippen LogP contribution in [0.4, 0.5) is 0 Å². The van der Waals surface area contributed by atoms with Crippen LogP contribution in [0.5, 0.6) is 0 Å². The summed E-state index contributed by atoms with van der Waals surface area (Å²) in [6.07, 6.45) is 3.98. The van der Waals surface area contributed by atoms with Gasteiger partial charge in [0, 0.05) is 25.7 Å². The minimum Gasteiger partial charge on any atom is -0.463 e. The normalized spacial score (nSPS) is 25.3. The number of carbonyl (C=O) groups is 1. The number of nitrogens with zero attached hydrogens (tertiary/aromatic N) is 2. The molecule has 2 saturated heterocycles. The molecule has 0 aromatic carbocycles. The fraction of sp³-hybridized carbons (Fsp3) is 0.688. The van der Waals surface area contributed by atoms with E-state index in [4.69, 9.17) is 9.15 Å². The van der Waals surface area contributed by atoms with Crippen molar-refractivity contribution < 1.29 is 13.9 Å². The van der Waals surface area contributed by atoms with Gasteiger partial charge in [0.05, 0.1) is 13.2 Å². The first-order valence-corrected chi connectivity index (χ1v) is 7.85. The molecule has 2 unspecified atom stereocenters. The van der Waals surface area contributed by atoms with Crippen molar-refractivity contribution in [2.75, 3.05) is 33.3 Å². The van der Waals surface area contributed by atoms with Crippen LogP contribution in [-0.2, 0) is 4.74 Å². The summed E-state index contributed by atoms with van der Waals surface area (Å²) in [4.78, 5) is 16.6. The maximum absolute atomic E-state index is 11.5. The first-order chi connectivity index (χ1) is 10.2. The highest BCUT2D eigenvalue weighted by Gasteiger charge is 2.32. The summed E-state index contributed by atoms with van der Waals surface area (Å²) >= 11 is 0. The number of esters is 1. The van der Waals surface area contributed by atoms with Gasteiger partial charge >= 0.3 is 5.97 Å². The predicted molar refractivity (Wildman–Crippen MR) is 79.2 cm³/mol. The molecule has 0 bridgehead atoms. The van der Waals surface area contributed by atoms with Crippen molar-refractivity contribution in [2.24, 2.45) is 0 Å². The van der Waals surface area contributed by atoms with Crippen molar-refractivity contribution in [3.05, 3.63) is 23.7 Å². The Hall–Kier alpha value is -1.33. The number of piperidine rings is 1. The third-order valence-electron chi connectivity index (χ3n) is 4.84. The number of hydrogen-bond acceptors (Lipinski definition) is 5. The molecule has 2 fully saturated rings. The second-order valence-corrected chi connectivity index (χ2v) is 6.05. The number of ether oxygens (including phenoxy) is 1. The van der Waals surface area contributed by atoms with Crippen molar-refractivity contribution in [3.8, 4) is 0 Å². The molecule has 2 aliphatic rings. The Morgan fingerprint density at radius 1 is 1.33 bits per heavy atom. The molecule has 21 heavy (non-hydrogen) atoms. The van der Waals surface area contributed by atoms with Gasteiger partial charge in [-0.25, -0.2) is 4.79 Å². The zero-order valence-corrected chi connectivity index (χ0v) is 12.9. The Morgan fingerprint density at radius 2 is 2.19 bits per heavy atom. The number of furan rings is 1. The average molecular weight is 292 g/mol. The fourth-order valence-corrected chi connectivity index (χ4v) is 3.50. The number of hydrogen-bond donors (Lipinski definition) is 0. The number of fused-ring (bicyclic) bond motifs is 1. The molecule has 0 N–H and O–H groups in total. The highest BCUT2D eigenvalue weighted by Crippen LogP contribution is 2.28. The minimum absolute atomic E-state index is 0.201. The second-order valence-electron chi connectivity index (χ2n) is 6.05. The number of rotatable bonds is 3. The average Bonchev–Trinajstić information content (AvgIpc) is 3.03. The van der Waals surface area contributed by atoms with Crippen molar-refractivity contribution in [1.29, 1.82) is 0 Å². The molecule has 2 atom stereocenters. The maximum atomic E-state index is 11.5. The first-order valence-electron chi connectivity index (χ1n) is 7.85. The maximum Gasteiger partial charge on any atom is 0.373 e. The molecule has 5 heteroatoms. The van der Waals surface area contributed by atoms with Gasteiger partial charge in [-0.15, -0.1) is 0 Å². The van der Waals surface area contributed by atoms with E-state index in [1.807, 2.05) is 6.07 Å². The molecular formula is C16H24N2O3. The summed E-state index contributed by atoms with van der Waals surface area (Å²) < 4.78 is 10.4.